The fraction of sp³-hybridized carbons (Fsp3) is 0.115. The van der Waals surface area contributed by atoms with E-state index in [-0.39, 0.29) is 23.2 Å². The Morgan fingerprint density at radius 1 is 0.882 bits per heavy atom. The Labute approximate surface area is 207 Å². The maximum atomic E-state index is 12.8. The van der Waals surface area contributed by atoms with Gasteiger partial charge in [-0.05, 0) is 60.9 Å². The predicted octanol–water partition coefficient (Wildman–Crippen LogP) is 5.37. The Balaban J connectivity index is 1.40. The topological polar surface area (TPSA) is 78.5 Å². The molecule has 3 amide bonds. The molecule has 0 spiro atoms. The van der Waals surface area contributed by atoms with Crippen LogP contribution in [0.1, 0.15) is 21.5 Å². The molecular formula is C26H21Cl2N3O3. The van der Waals surface area contributed by atoms with Gasteiger partial charge in [0, 0.05) is 28.5 Å². The molecular weight excluding hydrogens is 473 g/mol. The first-order valence-corrected chi connectivity index (χ1v) is 11.3. The van der Waals surface area contributed by atoms with Crippen molar-refractivity contribution in [1.29, 1.82) is 0 Å². The van der Waals surface area contributed by atoms with Crippen molar-refractivity contribution < 1.29 is 14.4 Å². The van der Waals surface area contributed by atoms with E-state index in [1.165, 1.54) is 0 Å². The van der Waals surface area contributed by atoms with Gasteiger partial charge < -0.3 is 10.6 Å². The molecule has 34 heavy (non-hydrogen) atoms. The van der Waals surface area contributed by atoms with Crippen molar-refractivity contribution in [3.8, 4) is 0 Å². The number of nitrogens with one attached hydrogen (secondary N) is 2. The van der Waals surface area contributed by atoms with Gasteiger partial charge in [-0.15, -0.1) is 0 Å². The van der Waals surface area contributed by atoms with Crippen LogP contribution in [-0.2, 0) is 16.0 Å². The van der Waals surface area contributed by atoms with Crippen LogP contribution in [0.2, 0.25) is 5.02 Å². The third-order valence-corrected chi connectivity index (χ3v) is 6.18. The van der Waals surface area contributed by atoms with Crippen molar-refractivity contribution >= 4 is 52.3 Å². The van der Waals surface area contributed by atoms with E-state index in [1.54, 1.807) is 36.4 Å². The Hall–Kier alpha value is -3.61. The van der Waals surface area contributed by atoms with Gasteiger partial charge in [-0.1, -0.05) is 59.6 Å². The second-order valence-corrected chi connectivity index (χ2v) is 8.59. The zero-order valence-corrected chi connectivity index (χ0v) is 19.8. The average molecular weight is 494 g/mol. The number of carbonyl (C=O) groups excluding carboxylic acids is 3. The summed E-state index contributed by atoms with van der Waals surface area (Å²) in [5.74, 6) is -1.32. The SMILES string of the molecule is Cc1ccc(NC(=O)c2ccc(NC3=C(Cl)C(=O)N(CCc4ccccc4)C3=O)cc2)cc1Cl. The summed E-state index contributed by atoms with van der Waals surface area (Å²) in [5.41, 5.74) is 3.48. The zero-order chi connectivity index (χ0) is 24.2. The van der Waals surface area contributed by atoms with Crippen LogP contribution in [0.25, 0.3) is 0 Å². The fourth-order valence-corrected chi connectivity index (χ4v) is 3.88. The van der Waals surface area contributed by atoms with Gasteiger partial charge in [-0.2, -0.15) is 0 Å². The number of aryl methyl sites for hydroxylation is 1. The van der Waals surface area contributed by atoms with Gasteiger partial charge in [-0.3, -0.25) is 19.3 Å². The van der Waals surface area contributed by atoms with Crippen LogP contribution >= 0.6 is 23.2 Å². The highest BCUT2D eigenvalue weighted by atomic mass is 35.5. The number of carbonyl (C=O) groups is 3. The van der Waals surface area contributed by atoms with E-state index in [9.17, 15) is 14.4 Å². The van der Waals surface area contributed by atoms with Crippen LogP contribution in [0.5, 0.6) is 0 Å². The van der Waals surface area contributed by atoms with Crippen molar-refractivity contribution in [2.45, 2.75) is 13.3 Å². The van der Waals surface area contributed by atoms with Gasteiger partial charge in [0.2, 0.25) is 0 Å². The number of nitrogens with zero attached hydrogens (tertiary/aromatic N) is 1. The third-order valence-electron chi connectivity index (χ3n) is 5.42. The molecule has 3 aromatic carbocycles. The van der Waals surface area contributed by atoms with Gasteiger partial charge in [0.05, 0.1) is 0 Å². The first-order valence-electron chi connectivity index (χ1n) is 10.6. The van der Waals surface area contributed by atoms with E-state index in [2.05, 4.69) is 10.6 Å². The molecule has 8 heteroatoms. The minimum absolute atomic E-state index is 0.0197. The molecule has 3 aromatic rings. The highest BCUT2D eigenvalue weighted by molar-refractivity contribution is 6.48. The van der Waals surface area contributed by atoms with E-state index in [0.717, 1.165) is 16.0 Å². The Bertz CT molecular complexity index is 1290. The van der Waals surface area contributed by atoms with E-state index in [4.69, 9.17) is 23.2 Å². The maximum absolute atomic E-state index is 12.8. The van der Waals surface area contributed by atoms with Gasteiger partial charge in [0.25, 0.3) is 17.7 Å². The molecule has 2 N–H and O–H groups in total. The van der Waals surface area contributed by atoms with Gasteiger partial charge in [-0.25, -0.2) is 0 Å². The molecule has 0 bridgehead atoms. The summed E-state index contributed by atoms with van der Waals surface area (Å²) in [6.45, 7) is 2.11. The summed E-state index contributed by atoms with van der Waals surface area (Å²) >= 11 is 12.3. The number of benzene rings is 3. The lowest BCUT2D eigenvalue weighted by Crippen LogP contribution is -2.34. The summed E-state index contributed by atoms with van der Waals surface area (Å²) in [6.07, 6.45) is 0.534. The highest BCUT2D eigenvalue weighted by Gasteiger charge is 2.37. The van der Waals surface area contributed by atoms with Crippen molar-refractivity contribution in [3.63, 3.8) is 0 Å². The average Bonchev–Trinajstić information content (AvgIpc) is 3.04. The molecule has 0 saturated carbocycles. The molecule has 0 saturated heterocycles. The molecule has 0 atom stereocenters. The predicted molar refractivity (Wildman–Crippen MR) is 134 cm³/mol. The number of imide groups is 1. The van der Waals surface area contributed by atoms with E-state index in [1.807, 2.05) is 43.3 Å². The van der Waals surface area contributed by atoms with Gasteiger partial charge in [0.1, 0.15) is 10.7 Å². The molecule has 0 radical (unpaired) electrons. The van der Waals surface area contributed by atoms with Crippen LogP contribution in [0, 0.1) is 6.92 Å². The second kappa shape index (κ2) is 10.1. The molecule has 1 heterocycles. The first kappa shape index (κ1) is 23.5. The standard InChI is InChI=1S/C26H21Cl2N3O3/c1-16-7-10-20(15-21(16)27)30-24(32)18-8-11-19(12-9-18)29-23-22(28)25(33)31(26(23)34)14-13-17-5-3-2-4-6-17/h2-12,15,29H,13-14H2,1H3,(H,30,32). The van der Waals surface area contributed by atoms with Crippen molar-refractivity contribution in [3.05, 3.63) is 105 Å². The smallest absolute Gasteiger partial charge is 0.278 e. The summed E-state index contributed by atoms with van der Waals surface area (Å²) in [4.78, 5) is 39.0. The Kier molecular flexibility index (Phi) is 7.01. The van der Waals surface area contributed by atoms with Crippen LogP contribution in [0.4, 0.5) is 11.4 Å². The van der Waals surface area contributed by atoms with Crippen LogP contribution in [0.15, 0.2) is 83.5 Å². The molecule has 0 fully saturated rings. The normalized spacial score (nSPS) is 13.4. The summed E-state index contributed by atoms with van der Waals surface area (Å²) in [7, 11) is 0. The number of anilines is 2. The van der Waals surface area contributed by atoms with E-state index >= 15 is 0 Å². The molecule has 4 rings (SSSR count). The first-order chi connectivity index (χ1) is 16.3. The summed E-state index contributed by atoms with van der Waals surface area (Å²) in [6, 6.07) is 21.4. The second-order valence-electron chi connectivity index (χ2n) is 7.81. The van der Waals surface area contributed by atoms with Crippen molar-refractivity contribution in [2.24, 2.45) is 0 Å². The Morgan fingerprint density at radius 2 is 1.56 bits per heavy atom. The number of amides is 3. The van der Waals surface area contributed by atoms with Crippen LogP contribution in [-0.4, -0.2) is 29.2 Å². The largest absolute Gasteiger partial charge is 0.350 e. The number of hydrogen-bond donors (Lipinski definition) is 2. The number of hydrogen-bond acceptors (Lipinski definition) is 4. The summed E-state index contributed by atoms with van der Waals surface area (Å²) in [5, 5.41) is 6.12. The lowest BCUT2D eigenvalue weighted by molar-refractivity contribution is -0.137. The van der Waals surface area contributed by atoms with E-state index in [0.29, 0.717) is 28.4 Å². The molecule has 0 aromatic heterocycles. The van der Waals surface area contributed by atoms with Crippen LogP contribution < -0.4 is 10.6 Å². The molecule has 1 aliphatic rings. The minimum Gasteiger partial charge on any atom is -0.350 e. The van der Waals surface area contributed by atoms with Gasteiger partial charge >= 0.3 is 0 Å². The highest BCUT2D eigenvalue weighted by Crippen LogP contribution is 2.26. The molecule has 172 valence electrons. The molecule has 0 unspecified atom stereocenters. The summed E-state index contributed by atoms with van der Waals surface area (Å²) < 4.78 is 0. The molecule has 0 aliphatic carbocycles. The third kappa shape index (κ3) is 5.14. The number of rotatable bonds is 7. The zero-order valence-electron chi connectivity index (χ0n) is 18.3. The molecule has 1 aliphatic heterocycles. The fourth-order valence-electron chi connectivity index (χ4n) is 3.47. The number of halogens is 2. The van der Waals surface area contributed by atoms with E-state index < -0.39 is 11.8 Å². The lowest BCUT2D eigenvalue weighted by Gasteiger charge is -2.15. The lowest BCUT2D eigenvalue weighted by atomic mass is 10.1. The van der Waals surface area contributed by atoms with Gasteiger partial charge in [0.15, 0.2) is 0 Å². The minimum atomic E-state index is -0.530. The quantitative estimate of drug-likeness (QED) is 0.433. The maximum Gasteiger partial charge on any atom is 0.278 e. The molecule has 6 nitrogen and oxygen atoms in total. The monoisotopic (exact) mass is 493 g/mol. The Morgan fingerprint density at radius 3 is 2.24 bits per heavy atom. The van der Waals surface area contributed by atoms with Crippen LogP contribution in [0.3, 0.4) is 0 Å². The van der Waals surface area contributed by atoms with Crippen molar-refractivity contribution in [1.82, 2.24) is 4.90 Å². The van der Waals surface area contributed by atoms with Crippen molar-refractivity contribution in [2.75, 3.05) is 17.2 Å².